The van der Waals surface area contributed by atoms with Gasteiger partial charge in [-0.05, 0) is 44.9 Å². The van der Waals surface area contributed by atoms with Crippen molar-refractivity contribution >= 4 is 5.91 Å². The van der Waals surface area contributed by atoms with E-state index in [2.05, 4.69) is 43.5 Å². The maximum Gasteiger partial charge on any atom is 0.222 e. The van der Waals surface area contributed by atoms with Gasteiger partial charge in [-0.25, -0.2) is 0 Å². The van der Waals surface area contributed by atoms with Gasteiger partial charge in [-0.15, -0.1) is 0 Å². The number of amides is 1. The van der Waals surface area contributed by atoms with Crippen LogP contribution >= 0.6 is 0 Å². The molecule has 5 heteroatoms. The number of aliphatic hydroxyl groups is 3. The van der Waals surface area contributed by atoms with Crippen LogP contribution in [-0.2, 0) is 4.79 Å². The van der Waals surface area contributed by atoms with Gasteiger partial charge in [0, 0.05) is 0 Å². The summed E-state index contributed by atoms with van der Waals surface area (Å²) in [5.74, 6) is -0.326. The maximum absolute atomic E-state index is 12.5. The van der Waals surface area contributed by atoms with E-state index in [1.54, 1.807) is 6.08 Å². The summed E-state index contributed by atoms with van der Waals surface area (Å²) < 4.78 is 0. The molecule has 0 spiro atoms. The average molecular weight is 788 g/mol. The first kappa shape index (κ1) is 54.6. The fourth-order valence-corrected chi connectivity index (χ4v) is 7.61. The lowest BCUT2D eigenvalue weighted by Gasteiger charge is -2.21. The molecule has 0 heterocycles. The van der Waals surface area contributed by atoms with Crippen LogP contribution in [0.15, 0.2) is 36.5 Å². The number of carbonyl (C=O) groups excluding carboxylic acids is 1. The van der Waals surface area contributed by atoms with Crippen molar-refractivity contribution in [3.63, 3.8) is 0 Å². The predicted molar refractivity (Wildman–Crippen MR) is 245 cm³/mol. The summed E-state index contributed by atoms with van der Waals surface area (Å²) in [6.07, 6.45) is 58.8. The van der Waals surface area contributed by atoms with Crippen molar-refractivity contribution in [2.45, 2.75) is 276 Å². The Labute approximate surface area is 349 Å². The fourth-order valence-electron chi connectivity index (χ4n) is 7.61. The number of unbranched alkanes of at least 4 members (excludes halogenated alkanes) is 32. The summed E-state index contributed by atoms with van der Waals surface area (Å²) in [5.41, 5.74) is 0. The summed E-state index contributed by atoms with van der Waals surface area (Å²) in [6.45, 7) is 4.22. The van der Waals surface area contributed by atoms with Crippen LogP contribution in [0.3, 0.4) is 0 Å². The standard InChI is InChI=1S/C51H97NO4/c1-3-5-7-9-11-13-15-17-19-21-23-24-25-27-29-31-33-35-37-39-41-43-45-50(55)49(47-53)52-51(56)46-48(54)44-42-40-38-36-34-32-30-28-26-22-20-18-16-14-12-10-8-6-4-2/h27,29,35,37,43,45,48-50,53-55H,3-26,28,30-34,36,38-42,44,46-47H2,1-2H3,(H,52,56)/b29-27+,37-35+,45-43+. The SMILES string of the molecule is CCCCCCCCCCCCCC/C=C/CC/C=C/CC/C=C/C(O)C(CO)NC(=O)CC(O)CCCCCCCCCCCCCCCCCCCCC. The molecule has 0 saturated carbocycles. The van der Waals surface area contributed by atoms with Crippen LogP contribution in [0.5, 0.6) is 0 Å². The first-order chi connectivity index (χ1) is 27.5. The molecule has 0 radical (unpaired) electrons. The molecular formula is C51H97NO4. The van der Waals surface area contributed by atoms with Crippen LogP contribution < -0.4 is 5.32 Å². The molecule has 0 rings (SSSR count). The summed E-state index contributed by atoms with van der Waals surface area (Å²) in [7, 11) is 0. The predicted octanol–water partition coefficient (Wildman–Crippen LogP) is 14.7. The van der Waals surface area contributed by atoms with Crippen LogP contribution in [0.1, 0.15) is 258 Å². The van der Waals surface area contributed by atoms with Crippen molar-refractivity contribution in [3.8, 4) is 0 Å². The highest BCUT2D eigenvalue weighted by atomic mass is 16.3. The molecule has 0 bridgehead atoms. The molecule has 0 aliphatic carbocycles. The fraction of sp³-hybridized carbons (Fsp3) is 0.863. The number of allylic oxidation sites excluding steroid dienone is 5. The van der Waals surface area contributed by atoms with Crippen LogP contribution in [-0.4, -0.2) is 46.1 Å². The molecule has 0 aliphatic heterocycles. The Morgan fingerprint density at radius 2 is 0.768 bits per heavy atom. The lowest BCUT2D eigenvalue weighted by Crippen LogP contribution is -2.45. The largest absolute Gasteiger partial charge is 0.394 e. The Kier molecular flexibility index (Phi) is 45.1. The summed E-state index contributed by atoms with van der Waals surface area (Å²) in [4.78, 5) is 12.5. The second kappa shape index (κ2) is 46.3. The summed E-state index contributed by atoms with van der Waals surface area (Å²) >= 11 is 0. The molecule has 0 fully saturated rings. The van der Waals surface area contributed by atoms with E-state index in [-0.39, 0.29) is 18.9 Å². The van der Waals surface area contributed by atoms with Gasteiger partial charge in [0.1, 0.15) is 0 Å². The maximum atomic E-state index is 12.5. The molecule has 0 aliphatic rings. The van der Waals surface area contributed by atoms with Crippen LogP contribution in [0.4, 0.5) is 0 Å². The molecule has 0 saturated heterocycles. The first-order valence-corrected chi connectivity index (χ1v) is 24.8. The Balaban J connectivity index is 3.68. The lowest BCUT2D eigenvalue weighted by atomic mass is 10.0. The van der Waals surface area contributed by atoms with Crippen molar-refractivity contribution in [1.29, 1.82) is 0 Å². The minimum Gasteiger partial charge on any atom is -0.394 e. The van der Waals surface area contributed by atoms with Gasteiger partial charge < -0.3 is 20.6 Å². The quantitative estimate of drug-likeness (QED) is 0.0365. The number of carbonyl (C=O) groups is 1. The highest BCUT2D eigenvalue weighted by Gasteiger charge is 2.20. The summed E-state index contributed by atoms with van der Waals surface area (Å²) in [5, 5.41) is 33.3. The summed E-state index contributed by atoms with van der Waals surface area (Å²) in [6, 6.07) is -0.766. The Bertz CT molecular complexity index is 870. The van der Waals surface area contributed by atoms with Gasteiger partial charge in [0.25, 0.3) is 0 Å². The Morgan fingerprint density at radius 3 is 1.14 bits per heavy atom. The van der Waals surface area contributed by atoms with Crippen LogP contribution in [0, 0.1) is 0 Å². The highest BCUT2D eigenvalue weighted by Crippen LogP contribution is 2.16. The zero-order valence-electron chi connectivity index (χ0n) is 37.5. The van der Waals surface area contributed by atoms with Crippen LogP contribution in [0.25, 0.3) is 0 Å². The van der Waals surface area contributed by atoms with E-state index < -0.39 is 18.2 Å². The van der Waals surface area contributed by atoms with Gasteiger partial charge in [-0.1, -0.05) is 243 Å². The van der Waals surface area contributed by atoms with E-state index in [0.717, 1.165) is 38.5 Å². The molecular weight excluding hydrogens is 691 g/mol. The molecule has 4 N–H and O–H groups in total. The van der Waals surface area contributed by atoms with Gasteiger partial charge in [-0.2, -0.15) is 0 Å². The van der Waals surface area contributed by atoms with E-state index in [0.29, 0.717) is 6.42 Å². The number of aliphatic hydroxyl groups excluding tert-OH is 3. The van der Waals surface area contributed by atoms with Crippen molar-refractivity contribution in [2.75, 3.05) is 6.61 Å². The number of hydrogen-bond donors (Lipinski definition) is 4. The average Bonchev–Trinajstić information content (AvgIpc) is 3.19. The molecule has 0 aromatic heterocycles. The van der Waals surface area contributed by atoms with Crippen molar-refractivity contribution in [2.24, 2.45) is 0 Å². The van der Waals surface area contributed by atoms with E-state index in [1.165, 1.54) is 193 Å². The number of rotatable bonds is 45. The Morgan fingerprint density at radius 1 is 0.446 bits per heavy atom. The molecule has 3 unspecified atom stereocenters. The zero-order valence-corrected chi connectivity index (χ0v) is 37.5. The van der Waals surface area contributed by atoms with E-state index in [9.17, 15) is 20.1 Å². The monoisotopic (exact) mass is 788 g/mol. The van der Waals surface area contributed by atoms with Crippen molar-refractivity contribution < 1.29 is 20.1 Å². The highest BCUT2D eigenvalue weighted by molar-refractivity contribution is 5.76. The van der Waals surface area contributed by atoms with Gasteiger partial charge >= 0.3 is 0 Å². The van der Waals surface area contributed by atoms with E-state index in [4.69, 9.17) is 0 Å². The third-order valence-electron chi connectivity index (χ3n) is 11.4. The number of hydrogen-bond acceptors (Lipinski definition) is 4. The van der Waals surface area contributed by atoms with Gasteiger partial charge in [-0.3, -0.25) is 4.79 Å². The van der Waals surface area contributed by atoms with E-state index >= 15 is 0 Å². The normalized spacial score (nSPS) is 13.7. The van der Waals surface area contributed by atoms with Gasteiger partial charge in [0.15, 0.2) is 0 Å². The van der Waals surface area contributed by atoms with Gasteiger partial charge in [0.05, 0.1) is 31.3 Å². The number of nitrogens with one attached hydrogen (secondary N) is 1. The molecule has 1 amide bonds. The minimum absolute atomic E-state index is 0.00532. The lowest BCUT2D eigenvalue weighted by molar-refractivity contribution is -0.124. The topological polar surface area (TPSA) is 89.8 Å². The molecule has 330 valence electrons. The molecule has 3 atom stereocenters. The van der Waals surface area contributed by atoms with E-state index in [1.807, 2.05) is 6.08 Å². The second-order valence-corrected chi connectivity index (χ2v) is 17.1. The Hall–Kier alpha value is -1.43. The van der Waals surface area contributed by atoms with Gasteiger partial charge in [0.2, 0.25) is 5.91 Å². The van der Waals surface area contributed by atoms with Crippen LogP contribution in [0.2, 0.25) is 0 Å². The van der Waals surface area contributed by atoms with Crippen molar-refractivity contribution in [3.05, 3.63) is 36.5 Å². The second-order valence-electron chi connectivity index (χ2n) is 17.1. The third-order valence-corrected chi connectivity index (χ3v) is 11.4. The first-order valence-electron chi connectivity index (χ1n) is 24.8. The molecule has 5 nitrogen and oxygen atoms in total. The minimum atomic E-state index is -0.958. The molecule has 0 aromatic carbocycles. The third kappa shape index (κ3) is 42.2. The molecule has 0 aromatic rings. The smallest absolute Gasteiger partial charge is 0.222 e. The molecule has 56 heavy (non-hydrogen) atoms. The van der Waals surface area contributed by atoms with Crippen molar-refractivity contribution in [1.82, 2.24) is 5.32 Å². The zero-order chi connectivity index (χ0) is 40.8.